The molecule has 0 bridgehead atoms. The SMILES string of the molecule is CN=C(NCCCC(=O)N1Cc2ccccc2C1)NC1CCCN(c2ccccc2)C1.I. The van der Waals surface area contributed by atoms with Gasteiger partial charge in [0, 0.05) is 57.9 Å². The Morgan fingerprint density at radius 3 is 2.44 bits per heavy atom. The van der Waals surface area contributed by atoms with Crippen molar-refractivity contribution < 1.29 is 4.79 Å². The molecular formula is C25H34IN5O. The third kappa shape index (κ3) is 6.37. The highest BCUT2D eigenvalue weighted by Crippen LogP contribution is 2.23. The Hall–Kier alpha value is -2.29. The highest BCUT2D eigenvalue weighted by Gasteiger charge is 2.23. The number of hydrogen-bond donors (Lipinski definition) is 2. The fourth-order valence-electron chi connectivity index (χ4n) is 4.47. The number of aliphatic imine (C=N–C) groups is 1. The first-order valence-corrected chi connectivity index (χ1v) is 11.3. The quantitative estimate of drug-likeness (QED) is 0.250. The number of nitrogens with zero attached hydrogens (tertiary/aromatic N) is 3. The van der Waals surface area contributed by atoms with Crippen molar-refractivity contribution in [2.45, 2.75) is 44.8 Å². The Balaban J connectivity index is 0.00000289. The lowest BCUT2D eigenvalue weighted by molar-refractivity contribution is -0.131. The number of carbonyl (C=O) groups is 1. The summed E-state index contributed by atoms with van der Waals surface area (Å²) in [4.78, 5) is 21.3. The van der Waals surface area contributed by atoms with Crippen LogP contribution in [0.2, 0.25) is 0 Å². The number of fused-ring (bicyclic) bond motifs is 1. The van der Waals surface area contributed by atoms with E-state index in [1.54, 1.807) is 7.05 Å². The molecule has 7 heteroatoms. The summed E-state index contributed by atoms with van der Waals surface area (Å²) in [7, 11) is 1.81. The number of benzene rings is 2. The van der Waals surface area contributed by atoms with Crippen molar-refractivity contribution in [1.82, 2.24) is 15.5 Å². The minimum absolute atomic E-state index is 0. The highest BCUT2D eigenvalue weighted by molar-refractivity contribution is 14.0. The molecule has 0 aliphatic carbocycles. The van der Waals surface area contributed by atoms with Crippen LogP contribution in [0.25, 0.3) is 0 Å². The van der Waals surface area contributed by atoms with Crippen LogP contribution in [0.15, 0.2) is 59.6 Å². The van der Waals surface area contributed by atoms with Crippen LogP contribution < -0.4 is 15.5 Å². The number of amides is 1. The standard InChI is InChI=1S/C25H33N5O.HI/c1-26-25(28-22-11-8-16-29(19-22)23-12-3-2-4-13-23)27-15-7-14-24(31)30-17-20-9-5-6-10-21(20)18-30;/h2-6,9-10,12-13,22H,7-8,11,14-19H2,1H3,(H2,26,27,28);1H. The molecule has 1 unspecified atom stereocenters. The highest BCUT2D eigenvalue weighted by atomic mass is 127. The summed E-state index contributed by atoms with van der Waals surface area (Å²) < 4.78 is 0. The van der Waals surface area contributed by atoms with E-state index in [-0.39, 0.29) is 29.9 Å². The summed E-state index contributed by atoms with van der Waals surface area (Å²) in [5.74, 6) is 1.05. The Morgan fingerprint density at radius 1 is 1.06 bits per heavy atom. The molecule has 2 heterocycles. The molecule has 1 amide bonds. The van der Waals surface area contributed by atoms with Crippen LogP contribution in [0, 0.1) is 0 Å². The van der Waals surface area contributed by atoms with Crippen LogP contribution in [0.3, 0.4) is 0 Å². The molecule has 2 N–H and O–H groups in total. The molecular weight excluding hydrogens is 513 g/mol. The van der Waals surface area contributed by atoms with Crippen LogP contribution in [0.4, 0.5) is 5.69 Å². The minimum Gasteiger partial charge on any atom is -0.369 e. The van der Waals surface area contributed by atoms with Gasteiger partial charge in [-0.25, -0.2) is 0 Å². The summed E-state index contributed by atoms with van der Waals surface area (Å²) >= 11 is 0. The summed E-state index contributed by atoms with van der Waals surface area (Å²) in [6, 6.07) is 19.3. The lowest BCUT2D eigenvalue weighted by atomic mass is 10.1. The van der Waals surface area contributed by atoms with Crippen LogP contribution in [-0.2, 0) is 17.9 Å². The first-order valence-electron chi connectivity index (χ1n) is 11.3. The van der Waals surface area contributed by atoms with Crippen LogP contribution in [0.1, 0.15) is 36.8 Å². The van der Waals surface area contributed by atoms with Gasteiger partial charge >= 0.3 is 0 Å². The Labute approximate surface area is 208 Å². The average Bonchev–Trinajstić information content (AvgIpc) is 3.26. The first-order chi connectivity index (χ1) is 15.2. The minimum atomic E-state index is 0. The van der Waals surface area contributed by atoms with Crippen LogP contribution >= 0.6 is 24.0 Å². The number of nitrogens with one attached hydrogen (secondary N) is 2. The molecule has 2 aliphatic heterocycles. The van der Waals surface area contributed by atoms with Crippen LogP contribution in [-0.4, -0.2) is 49.5 Å². The molecule has 0 spiro atoms. The van der Waals surface area contributed by atoms with Gasteiger partial charge < -0.3 is 20.4 Å². The van der Waals surface area contributed by atoms with E-state index < -0.39 is 0 Å². The maximum atomic E-state index is 12.6. The second kappa shape index (κ2) is 12.1. The van der Waals surface area contributed by atoms with E-state index >= 15 is 0 Å². The maximum Gasteiger partial charge on any atom is 0.223 e. The second-order valence-electron chi connectivity index (χ2n) is 8.39. The third-order valence-electron chi connectivity index (χ3n) is 6.16. The normalized spacial score (nSPS) is 18.0. The van der Waals surface area contributed by atoms with Crippen LogP contribution in [0.5, 0.6) is 0 Å². The van der Waals surface area contributed by atoms with Crippen molar-refractivity contribution in [3.63, 3.8) is 0 Å². The van der Waals surface area contributed by atoms with E-state index in [2.05, 4.69) is 63.0 Å². The molecule has 2 aromatic carbocycles. The topological polar surface area (TPSA) is 60.0 Å². The summed E-state index contributed by atoms with van der Waals surface area (Å²) in [5, 5.41) is 6.95. The zero-order valence-electron chi connectivity index (χ0n) is 18.8. The predicted molar refractivity (Wildman–Crippen MR) is 142 cm³/mol. The second-order valence-corrected chi connectivity index (χ2v) is 8.39. The fourth-order valence-corrected chi connectivity index (χ4v) is 4.47. The molecule has 0 radical (unpaired) electrons. The molecule has 1 saturated heterocycles. The zero-order valence-corrected chi connectivity index (χ0v) is 21.1. The van der Waals surface area contributed by atoms with Gasteiger partial charge in [-0.3, -0.25) is 9.79 Å². The van der Waals surface area contributed by atoms with Gasteiger partial charge in [0.05, 0.1) is 0 Å². The molecule has 2 aliphatic rings. The third-order valence-corrected chi connectivity index (χ3v) is 6.16. The van der Waals surface area contributed by atoms with Gasteiger partial charge in [0.1, 0.15) is 0 Å². The average molecular weight is 547 g/mol. The number of halogens is 1. The van der Waals surface area contributed by atoms with E-state index in [4.69, 9.17) is 0 Å². The number of rotatable bonds is 6. The van der Waals surface area contributed by atoms with Crippen molar-refractivity contribution in [2.75, 3.05) is 31.6 Å². The molecule has 6 nitrogen and oxygen atoms in total. The zero-order chi connectivity index (χ0) is 21.5. The van der Waals surface area contributed by atoms with Crippen molar-refractivity contribution in [3.8, 4) is 0 Å². The van der Waals surface area contributed by atoms with Gasteiger partial charge in [0.2, 0.25) is 5.91 Å². The molecule has 1 fully saturated rings. The van der Waals surface area contributed by atoms with Crippen molar-refractivity contribution in [2.24, 2.45) is 4.99 Å². The number of guanidine groups is 1. The van der Waals surface area contributed by atoms with Gasteiger partial charge in [-0.05, 0) is 42.5 Å². The first kappa shape index (κ1) is 24.4. The predicted octanol–water partition coefficient (Wildman–Crippen LogP) is 3.76. The Bertz CT molecular complexity index is 879. The summed E-state index contributed by atoms with van der Waals surface area (Å²) in [6.45, 7) is 4.28. The molecule has 1 atom stereocenters. The lowest BCUT2D eigenvalue weighted by Crippen LogP contribution is -2.51. The van der Waals surface area contributed by atoms with Gasteiger partial charge in [-0.15, -0.1) is 24.0 Å². The van der Waals surface area contributed by atoms with Gasteiger partial charge in [0.25, 0.3) is 0 Å². The Kier molecular flexibility index (Phi) is 9.20. The van der Waals surface area contributed by atoms with E-state index in [1.807, 2.05) is 17.0 Å². The Morgan fingerprint density at radius 2 is 1.75 bits per heavy atom. The van der Waals surface area contributed by atoms with E-state index in [1.165, 1.54) is 16.8 Å². The number of hydrogen-bond acceptors (Lipinski definition) is 3. The smallest absolute Gasteiger partial charge is 0.223 e. The number of anilines is 1. The fraction of sp³-hybridized carbons (Fsp3) is 0.440. The van der Waals surface area contributed by atoms with E-state index in [9.17, 15) is 4.79 Å². The van der Waals surface area contributed by atoms with Gasteiger partial charge in [-0.2, -0.15) is 0 Å². The maximum absolute atomic E-state index is 12.6. The largest absolute Gasteiger partial charge is 0.369 e. The number of carbonyl (C=O) groups excluding carboxylic acids is 1. The lowest BCUT2D eigenvalue weighted by Gasteiger charge is -2.35. The molecule has 2 aromatic rings. The van der Waals surface area contributed by atoms with Gasteiger partial charge in [0.15, 0.2) is 5.96 Å². The monoisotopic (exact) mass is 547 g/mol. The van der Waals surface area contributed by atoms with E-state index in [0.29, 0.717) is 12.5 Å². The van der Waals surface area contributed by atoms with Crippen molar-refractivity contribution >= 4 is 41.5 Å². The summed E-state index contributed by atoms with van der Waals surface area (Å²) in [6.07, 6.45) is 3.66. The van der Waals surface area contributed by atoms with E-state index in [0.717, 1.165) is 57.9 Å². The molecule has 4 rings (SSSR count). The van der Waals surface area contributed by atoms with Gasteiger partial charge in [-0.1, -0.05) is 42.5 Å². The van der Waals surface area contributed by atoms with Crippen molar-refractivity contribution in [3.05, 3.63) is 65.7 Å². The molecule has 0 saturated carbocycles. The number of piperidine rings is 1. The molecule has 0 aromatic heterocycles. The number of para-hydroxylation sites is 1. The van der Waals surface area contributed by atoms with Crippen molar-refractivity contribution in [1.29, 1.82) is 0 Å². The molecule has 172 valence electrons. The summed E-state index contributed by atoms with van der Waals surface area (Å²) in [5.41, 5.74) is 3.82. The molecule has 32 heavy (non-hydrogen) atoms.